The number of thiophene rings is 1. The number of benzene rings is 8. The van der Waals surface area contributed by atoms with Crippen LogP contribution in [0.25, 0.3) is 96.7 Å². The van der Waals surface area contributed by atoms with E-state index in [0.717, 1.165) is 27.3 Å². The first kappa shape index (κ1) is 24.0. The monoisotopic (exact) mass is 576 g/mol. The van der Waals surface area contributed by atoms with Gasteiger partial charge in [-0.2, -0.15) is 0 Å². The van der Waals surface area contributed by atoms with E-state index in [1.807, 2.05) is 11.3 Å². The number of hydrogen-bond acceptors (Lipinski definition) is 2. The Balaban J connectivity index is 1.45. The summed E-state index contributed by atoms with van der Waals surface area (Å²) >= 11 is 1.90. The molecule has 0 saturated heterocycles. The van der Waals surface area contributed by atoms with Crippen molar-refractivity contribution in [1.82, 2.24) is 0 Å². The fraction of sp³-hybridized carbons (Fsp3) is 0. The van der Waals surface area contributed by atoms with Gasteiger partial charge in [-0.05, 0) is 67.9 Å². The van der Waals surface area contributed by atoms with Crippen LogP contribution in [0.5, 0.6) is 0 Å². The van der Waals surface area contributed by atoms with E-state index in [4.69, 9.17) is 4.42 Å². The lowest BCUT2D eigenvalue weighted by atomic mass is 9.85. The summed E-state index contributed by atoms with van der Waals surface area (Å²) in [5.41, 5.74) is 6.94. The minimum Gasteiger partial charge on any atom is -0.455 e. The number of para-hydroxylation sites is 1. The molecule has 2 aromatic heterocycles. The van der Waals surface area contributed by atoms with Crippen LogP contribution in [0.4, 0.5) is 0 Å². The quantitative estimate of drug-likeness (QED) is 0.187. The molecule has 8 aromatic carbocycles. The Bertz CT molecular complexity index is 2710. The Hall–Kier alpha value is -5.44. The summed E-state index contributed by atoms with van der Waals surface area (Å²) in [6, 6.07) is 52.9. The second-order valence-corrected chi connectivity index (χ2v) is 12.6. The fourth-order valence-electron chi connectivity index (χ4n) is 7.40. The summed E-state index contributed by atoms with van der Waals surface area (Å²) in [6.07, 6.45) is 0. The smallest absolute Gasteiger partial charge is 0.143 e. The predicted molar refractivity (Wildman–Crippen MR) is 190 cm³/mol. The highest BCUT2D eigenvalue weighted by Crippen LogP contribution is 2.50. The van der Waals surface area contributed by atoms with Gasteiger partial charge >= 0.3 is 0 Å². The molecular weight excluding hydrogens is 553 g/mol. The Morgan fingerprint density at radius 1 is 0.409 bits per heavy atom. The van der Waals surface area contributed by atoms with Gasteiger partial charge in [0.15, 0.2) is 0 Å². The minimum atomic E-state index is 0.926. The lowest BCUT2D eigenvalue weighted by Crippen LogP contribution is -1.91. The van der Waals surface area contributed by atoms with Crippen molar-refractivity contribution in [2.45, 2.75) is 0 Å². The van der Waals surface area contributed by atoms with Crippen molar-refractivity contribution in [1.29, 1.82) is 0 Å². The van der Waals surface area contributed by atoms with Crippen molar-refractivity contribution < 1.29 is 4.42 Å². The molecule has 0 unspecified atom stereocenters. The summed E-state index contributed by atoms with van der Waals surface area (Å²) in [5, 5.41) is 12.4. The first-order valence-electron chi connectivity index (χ1n) is 15.0. The van der Waals surface area contributed by atoms with Crippen LogP contribution in [-0.4, -0.2) is 0 Å². The van der Waals surface area contributed by atoms with Crippen molar-refractivity contribution in [3.63, 3.8) is 0 Å². The third-order valence-electron chi connectivity index (χ3n) is 9.25. The fourth-order valence-corrected chi connectivity index (χ4v) is 8.64. The molecule has 10 rings (SSSR count). The number of hydrogen-bond donors (Lipinski definition) is 0. The van der Waals surface area contributed by atoms with E-state index >= 15 is 0 Å². The largest absolute Gasteiger partial charge is 0.455 e. The second kappa shape index (κ2) is 9.03. The molecule has 0 amide bonds. The van der Waals surface area contributed by atoms with Gasteiger partial charge in [-0.1, -0.05) is 121 Å². The lowest BCUT2D eigenvalue weighted by Gasteiger charge is -2.18. The van der Waals surface area contributed by atoms with Gasteiger partial charge in [0.1, 0.15) is 11.2 Å². The minimum absolute atomic E-state index is 0.926. The summed E-state index contributed by atoms with van der Waals surface area (Å²) < 4.78 is 9.27. The van der Waals surface area contributed by atoms with Crippen LogP contribution in [0, 0.1) is 0 Å². The molecule has 10 aromatic rings. The van der Waals surface area contributed by atoms with E-state index in [-0.39, 0.29) is 0 Å². The molecule has 0 N–H and O–H groups in total. The van der Waals surface area contributed by atoms with Gasteiger partial charge in [-0.15, -0.1) is 11.3 Å². The molecular formula is C42H24OS. The SMILES string of the molecule is c1ccc(-c2c3ccccc3c(-c3cc4c(ccc5c6ccccc6oc54)c4c3sc3ccccc34)c3ccccc23)cc1. The van der Waals surface area contributed by atoms with Crippen LogP contribution in [-0.2, 0) is 0 Å². The molecule has 0 radical (unpaired) electrons. The van der Waals surface area contributed by atoms with Gasteiger partial charge in [-0.25, -0.2) is 0 Å². The van der Waals surface area contributed by atoms with Crippen molar-refractivity contribution in [2.75, 3.05) is 0 Å². The zero-order chi connectivity index (χ0) is 28.8. The molecule has 0 saturated carbocycles. The normalized spacial score (nSPS) is 12.1. The van der Waals surface area contributed by atoms with Crippen molar-refractivity contribution in [2.24, 2.45) is 0 Å². The third kappa shape index (κ3) is 3.23. The summed E-state index contributed by atoms with van der Waals surface area (Å²) in [6.45, 7) is 0. The third-order valence-corrected chi connectivity index (χ3v) is 10.5. The number of rotatable bonds is 2. The topological polar surface area (TPSA) is 13.1 Å². The molecule has 1 nitrogen and oxygen atoms in total. The maximum Gasteiger partial charge on any atom is 0.143 e. The molecule has 0 spiro atoms. The van der Waals surface area contributed by atoms with Crippen molar-refractivity contribution >= 4 is 85.8 Å². The summed E-state index contributed by atoms with van der Waals surface area (Å²) in [5.74, 6) is 0. The van der Waals surface area contributed by atoms with E-state index in [2.05, 4.69) is 146 Å². The van der Waals surface area contributed by atoms with E-state index in [1.54, 1.807) is 0 Å². The van der Waals surface area contributed by atoms with Gasteiger partial charge in [0.25, 0.3) is 0 Å². The van der Waals surface area contributed by atoms with Crippen LogP contribution in [0.2, 0.25) is 0 Å². The standard InChI is InChI=1S/C42H24OS/c1-2-12-25(13-3-1)38-27-15-4-6-17-29(27)39(30-18-7-5-16-28(30)38)35-24-34-31(40-33-19-9-11-21-37(33)44-42(35)40)22-23-32-26-14-8-10-20-36(26)43-41(32)34/h1-24H. The zero-order valence-electron chi connectivity index (χ0n) is 23.7. The lowest BCUT2D eigenvalue weighted by molar-refractivity contribution is 0.672. The molecule has 0 aliphatic rings. The first-order chi connectivity index (χ1) is 21.8. The number of furan rings is 1. The highest BCUT2D eigenvalue weighted by molar-refractivity contribution is 7.26. The molecule has 0 aliphatic carbocycles. The average molecular weight is 577 g/mol. The van der Waals surface area contributed by atoms with E-state index < -0.39 is 0 Å². The molecule has 0 atom stereocenters. The van der Waals surface area contributed by atoms with E-state index in [1.165, 1.54) is 69.4 Å². The Morgan fingerprint density at radius 2 is 0.977 bits per heavy atom. The highest BCUT2D eigenvalue weighted by Gasteiger charge is 2.22. The van der Waals surface area contributed by atoms with Gasteiger partial charge in [0, 0.05) is 41.9 Å². The van der Waals surface area contributed by atoms with E-state index in [9.17, 15) is 0 Å². The van der Waals surface area contributed by atoms with Crippen molar-refractivity contribution in [3.05, 3.63) is 146 Å². The first-order valence-corrected chi connectivity index (χ1v) is 15.8. The van der Waals surface area contributed by atoms with Gasteiger partial charge < -0.3 is 4.42 Å². The molecule has 0 fully saturated rings. The van der Waals surface area contributed by atoms with E-state index in [0.29, 0.717) is 0 Å². The molecule has 2 heteroatoms. The summed E-state index contributed by atoms with van der Waals surface area (Å²) in [4.78, 5) is 0. The van der Waals surface area contributed by atoms with Crippen LogP contribution >= 0.6 is 11.3 Å². The van der Waals surface area contributed by atoms with Crippen LogP contribution in [0.15, 0.2) is 150 Å². The van der Waals surface area contributed by atoms with Gasteiger partial charge in [0.05, 0.1) is 0 Å². The number of fused-ring (bicyclic) bond motifs is 11. The molecule has 44 heavy (non-hydrogen) atoms. The predicted octanol–water partition coefficient (Wildman–Crippen LogP) is 12.7. The van der Waals surface area contributed by atoms with Crippen LogP contribution < -0.4 is 0 Å². The molecule has 0 aliphatic heterocycles. The molecule has 204 valence electrons. The highest BCUT2D eigenvalue weighted by atomic mass is 32.1. The maximum absolute atomic E-state index is 6.65. The maximum atomic E-state index is 6.65. The Labute approximate surface area is 257 Å². The van der Waals surface area contributed by atoms with Crippen LogP contribution in [0.1, 0.15) is 0 Å². The Kier molecular flexibility index (Phi) is 4.94. The van der Waals surface area contributed by atoms with Gasteiger partial charge in [-0.3, -0.25) is 0 Å². The molecule has 0 bridgehead atoms. The van der Waals surface area contributed by atoms with Crippen molar-refractivity contribution in [3.8, 4) is 22.3 Å². The zero-order valence-corrected chi connectivity index (χ0v) is 24.5. The van der Waals surface area contributed by atoms with Crippen LogP contribution in [0.3, 0.4) is 0 Å². The van der Waals surface area contributed by atoms with Gasteiger partial charge in [0.2, 0.25) is 0 Å². The summed E-state index contributed by atoms with van der Waals surface area (Å²) in [7, 11) is 0. The molecule has 2 heterocycles. The average Bonchev–Trinajstić information content (AvgIpc) is 3.67. The Morgan fingerprint density at radius 3 is 1.70 bits per heavy atom. The second-order valence-electron chi connectivity index (χ2n) is 11.6.